The van der Waals surface area contributed by atoms with Gasteiger partial charge in [-0.1, -0.05) is 6.92 Å². The highest BCUT2D eigenvalue weighted by Gasteiger charge is 2.21. The number of pyridine rings is 2. The van der Waals surface area contributed by atoms with Crippen LogP contribution in [0.15, 0.2) is 30.5 Å². The minimum atomic E-state index is -3.64. The molecule has 10 nitrogen and oxygen atoms in total. The Kier molecular flexibility index (Phi) is 7.36. The molecule has 1 fully saturated rings. The minimum absolute atomic E-state index is 0.0423. The third-order valence-corrected chi connectivity index (χ3v) is 5.95. The maximum absolute atomic E-state index is 14.4. The van der Waals surface area contributed by atoms with Gasteiger partial charge in [0.25, 0.3) is 16.1 Å². The van der Waals surface area contributed by atoms with Gasteiger partial charge in [0.15, 0.2) is 0 Å². The van der Waals surface area contributed by atoms with E-state index in [1.807, 2.05) is 11.0 Å². The standard InChI is InChI=1S/C19H26FN7O3S/c1-3-23-31(29,30)25-17-12-14(6-7-22-17)13-26-8-10-27(11-9-26)16-5-4-15(19(28)21-2)24-18(16)20/h4-7,12,23H,3,8-11,13H2,1-2H3,(H,21,28)(H,22,25). The molecule has 0 radical (unpaired) electrons. The van der Waals surface area contributed by atoms with Crippen LogP contribution in [-0.4, -0.2) is 69.0 Å². The molecule has 2 aromatic rings. The monoisotopic (exact) mass is 451 g/mol. The zero-order valence-electron chi connectivity index (χ0n) is 17.4. The average molecular weight is 452 g/mol. The van der Waals surface area contributed by atoms with Crippen LogP contribution in [0.3, 0.4) is 0 Å². The van der Waals surface area contributed by atoms with E-state index in [2.05, 4.69) is 29.6 Å². The van der Waals surface area contributed by atoms with Crippen molar-refractivity contribution in [3.8, 4) is 0 Å². The van der Waals surface area contributed by atoms with Crippen molar-refractivity contribution in [2.45, 2.75) is 13.5 Å². The van der Waals surface area contributed by atoms with Crippen molar-refractivity contribution in [2.75, 3.05) is 49.4 Å². The van der Waals surface area contributed by atoms with Gasteiger partial charge in [0.2, 0.25) is 5.95 Å². The quantitative estimate of drug-likeness (QED) is 0.502. The summed E-state index contributed by atoms with van der Waals surface area (Å²) in [5, 5.41) is 2.42. The van der Waals surface area contributed by atoms with Crippen LogP contribution >= 0.6 is 0 Å². The van der Waals surface area contributed by atoms with Gasteiger partial charge in [-0.3, -0.25) is 14.4 Å². The highest BCUT2D eigenvalue weighted by Crippen LogP contribution is 2.21. The van der Waals surface area contributed by atoms with Crippen molar-refractivity contribution in [1.82, 2.24) is 24.9 Å². The number of carbonyl (C=O) groups is 1. The molecule has 2 aromatic heterocycles. The molecule has 0 spiro atoms. The van der Waals surface area contributed by atoms with Crippen LogP contribution in [0.2, 0.25) is 0 Å². The van der Waals surface area contributed by atoms with Crippen molar-refractivity contribution < 1.29 is 17.6 Å². The molecule has 31 heavy (non-hydrogen) atoms. The van der Waals surface area contributed by atoms with Gasteiger partial charge in [-0.25, -0.2) is 9.97 Å². The molecule has 0 bridgehead atoms. The van der Waals surface area contributed by atoms with Crippen molar-refractivity contribution in [3.63, 3.8) is 0 Å². The molecular formula is C19H26FN7O3S. The molecule has 1 amide bonds. The lowest BCUT2D eigenvalue weighted by Crippen LogP contribution is -2.46. The molecule has 1 saturated heterocycles. The molecule has 3 rings (SSSR count). The molecule has 1 aliphatic heterocycles. The van der Waals surface area contributed by atoms with Crippen molar-refractivity contribution in [1.29, 1.82) is 0 Å². The summed E-state index contributed by atoms with van der Waals surface area (Å²) in [5.74, 6) is -0.845. The number of nitrogens with one attached hydrogen (secondary N) is 3. The number of rotatable bonds is 8. The molecule has 0 aliphatic carbocycles. The number of hydrogen-bond donors (Lipinski definition) is 3. The average Bonchev–Trinajstić information content (AvgIpc) is 2.73. The Labute approximate surface area is 181 Å². The molecule has 1 aliphatic rings. The first-order chi connectivity index (χ1) is 14.8. The highest BCUT2D eigenvalue weighted by atomic mass is 32.2. The third kappa shape index (κ3) is 6.09. The van der Waals surface area contributed by atoms with Crippen LogP contribution in [0.25, 0.3) is 0 Å². The summed E-state index contributed by atoms with van der Waals surface area (Å²) < 4.78 is 42.8. The second-order valence-electron chi connectivity index (χ2n) is 7.00. The number of hydrogen-bond acceptors (Lipinski definition) is 7. The normalized spacial score (nSPS) is 15.0. The van der Waals surface area contributed by atoms with E-state index in [4.69, 9.17) is 0 Å². The Morgan fingerprint density at radius 1 is 1.19 bits per heavy atom. The lowest BCUT2D eigenvalue weighted by atomic mass is 10.2. The van der Waals surface area contributed by atoms with Gasteiger partial charge in [0.05, 0.1) is 5.69 Å². The molecule has 0 atom stereocenters. The van der Waals surface area contributed by atoms with Crippen LogP contribution in [0, 0.1) is 5.95 Å². The van der Waals surface area contributed by atoms with Gasteiger partial charge in [-0.05, 0) is 29.8 Å². The molecule has 0 saturated carbocycles. The first-order valence-corrected chi connectivity index (χ1v) is 11.4. The van der Waals surface area contributed by atoms with E-state index >= 15 is 0 Å². The number of anilines is 2. The SMILES string of the molecule is CCNS(=O)(=O)Nc1cc(CN2CCN(c3ccc(C(=O)NC)nc3F)CC2)ccn1. The summed E-state index contributed by atoms with van der Waals surface area (Å²) in [6.45, 7) is 5.17. The topological polar surface area (TPSA) is 120 Å². The second kappa shape index (κ2) is 9.98. The van der Waals surface area contributed by atoms with E-state index in [0.717, 1.165) is 5.56 Å². The van der Waals surface area contributed by atoms with Gasteiger partial charge < -0.3 is 10.2 Å². The van der Waals surface area contributed by atoms with E-state index in [1.54, 1.807) is 25.3 Å². The highest BCUT2D eigenvalue weighted by molar-refractivity contribution is 7.90. The van der Waals surface area contributed by atoms with Crippen LogP contribution in [-0.2, 0) is 16.8 Å². The summed E-state index contributed by atoms with van der Waals surface area (Å²) in [5.41, 5.74) is 1.33. The van der Waals surface area contributed by atoms with Gasteiger partial charge in [0.1, 0.15) is 11.5 Å². The molecule has 0 aromatic carbocycles. The molecule has 12 heteroatoms. The first-order valence-electron chi connectivity index (χ1n) is 9.89. The minimum Gasteiger partial charge on any atom is -0.365 e. The van der Waals surface area contributed by atoms with E-state index < -0.39 is 22.1 Å². The maximum atomic E-state index is 14.4. The number of carbonyl (C=O) groups excluding carboxylic acids is 1. The molecule has 3 heterocycles. The Balaban J connectivity index is 1.58. The zero-order chi connectivity index (χ0) is 22.4. The number of piperazine rings is 1. The van der Waals surface area contributed by atoms with Gasteiger partial charge >= 0.3 is 0 Å². The lowest BCUT2D eigenvalue weighted by molar-refractivity contribution is 0.0957. The molecule has 0 unspecified atom stereocenters. The number of halogens is 1. The Morgan fingerprint density at radius 2 is 1.94 bits per heavy atom. The molecule has 3 N–H and O–H groups in total. The fourth-order valence-corrected chi connectivity index (χ4v) is 4.15. The van der Waals surface area contributed by atoms with Crippen LogP contribution in [0.5, 0.6) is 0 Å². The van der Waals surface area contributed by atoms with Gasteiger partial charge in [-0.15, -0.1) is 0 Å². The number of nitrogens with zero attached hydrogens (tertiary/aromatic N) is 4. The Morgan fingerprint density at radius 3 is 2.58 bits per heavy atom. The summed E-state index contributed by atoms with van der Waals surface area (Å²) >= 11 is 0. The predicted octanol–water partition coefficient (Wildman–Crippen LogP) is 0.564. The third-order valence-electron chi connectivity index (χ3n) is 4.81. The van der Waals surface area contributed by atoms with E-state index in [1.165, 1.54) is 13.1 Å². The Hall–Kier alpha value is -2.83. The maximum Gasteiger partial charge on any atom is 0.300 e. The number of aromatic nitrogens is 2. The predicted molar refractivity (Wildman–Crippen MR) is 116 cm³/mol. The van der Waals surface area contributed by atoms with Crippen LogP contribution in [0.1, 0.15) is 23.0 Å². The largest absolute Gasteiger partial charge is 0.365 e. The van der Waals surface area contributed by atoms with Crippen LogP contribution in [0.4, 0.5) is 15.9 Å². The van der Waals surface area contributed by atoms with Gasteiger partial charge in [-0.2, -0.15) is 17.5 Å². The van der Waals surface area contributed by atoms with E-state index in [-0.39, 0.29) is 18.1 Å². The van der Waals surface area contributed by atoms with Crippen molar-refractivity contribution >= 4 is 27.6 Å². The number of amides is 1. The van der Waals surface area contributed by atoms with Crippen molar-refractivity contribution in [3.05, 3.63) is 47.7 Å². The lowest BCUT2D eigenvalue weighted by Gasteiger charge is -2.36. The van der Waals surface area contributed by atoms with Crippen LogP contribution < -0.4 is 19.7 Å². The smallest absolute Gasteiger partial charge is 0.300 e. The van der Waals surface area contributed by atoms with E-state index in [9.17, 15) is 17.6 Å². The first kappa shape index (κ1) is 22.8. The fourth-order valence-electron chi connectivity index (χ4n) is 3.31. The summed E-state index contributed by atoms with van der Waals surface area (Å²) in [7, 11) is -2.17. The Bertz CT molecular complexity index is 1030. The summed E-state index contributed by atoms with van der Waals surface area (Å²) in [6.07, 6.45) is 1.56. The molecule has 168 valence electrons. The zero-order valence-corrected chi connectivity index (χ0v) is 18.2. The second-order valence-corrected chi connectivity index (χ2v) is 8.50. The fraction of sp³-hybridized carbons (Fsp3) is 0.421. The van der Waals surface area contributed by atoms with Gasteiger partial charge in [0, 0.05) is 52.5 Å². The summed E-state index contributed by atoms with van der Waals surface area (Å²) in [6, 6.07) is 6.62. The summed E-state index contributed by atoms with van der Waals surface area (Å²) in [4.78, 5) is 23.5. The molecular weight excluding hydrogens is 425 g/mol. The van der Waals surface area contributed by atoms with E-state index in [0.29, 0.717) is 38.4 Å². The van der Waals surface area contributed by atoms with Crippen molar-refractivity contribution in [2.24, 2.45) is 0 Å².